The molecule has 1 atom stereocenters. The third-order valence-corrected chi connectivity index (χ3v) is 4.68. The molecule has 4 aromatic rings. The first-order valence-corrected chi connectivity index (χ1v) is 9.12. The predicted octanol–water partition coefficient (Wildman–Crippen LogP) is 4.82. The number of carbonyl (C=O) groups is 1. The summed E-state index contributed by atoms with van der Waals surface area (Å²) in [6.45, 7) is 1.85. The first-order valence-electron chi connectivity index (χ1n) is 9.12. The maximum absolute atomic E-state index is 13.6. The molecular weight excluding hydrogens is 374 g/mol. The molecule has 1 amide bonds. The van der Waals surface area contributed by atoms with Crippen molar-refractivity contribution in [3.63, 3.8) is 0 Å². The molecule has 0 saturated carbocycles. The quantitative estimate of drug-likeness (QED) is 0.529. The number of fused-ring (bicyclic) bond motifs is 1. The van der Waals surface area contributed by atoms with E-state index in [0.717, 1.165) is 10.1 Å². The second-order valence-corrected chi connectivity index (χ2v) is 6.63. The Bertz CT molecular complexity index is 1140. The van der Waals surface area contributed by atoms with Crippen LogP contribution in [-0.2, 0) is 0 Å². The summed E-state index contributed by atoms with van der Waals surface area (Å²) in [5.41, 5.74) is 1.90. The molecule has 2 aromatic heterocycles. The number of carbonyl (C=O) groups excluding carboxylic acids is 1. The Hall–Kier alpha value is -3.61. The monoisotopic (exact) mass is 392 g/mol. The third-order valence-electron chi connectivity index (χ3n) is 4.68. The van der Waals surface area contributed by atoms with Crippen LogP contribution in [0.2, 0.25) is 0 Å². The van der Waals surface area contributed by atoms with Crippen LogP contribution >= 0.6 is 0 Å². The molecule has 2 heterocycles. The van der Waals surface area contributed by atoms with Gasteiger partial charge in [-0.1, -0.05) is 60.7 Å². The molecule has 7 heteroatoms. The molecule has 0 bridgehead atoms. The zero-order valence-corrected chi connectivity index (χ0v) is 15.6. The van der Waals surface area contributed by atoms with Crippen LogP contribution in [0.1, 0.15) is 41.0 Å². The van der Waals surface area contributed by atoms with Crippen molar-refractivity contribution in [3.8, 4) is 11.3 Å². The van der Waals surface area contributed by atoms with Crippen molar-refractivity contribution < 1.29 is 13.6 Å². The van der Waals surface area contributed by atoms with Gasteiger partial charge in [-0.25, -0.2) is 18.3 Å². The number of nitrogens with zero attached hydrogens (tertiary/aromatic N) is 3. The summed E-state index contributed by atoms with van der Waals surface area (Å²) in [5, 5.41) is 6.87. The van der Waals surface area contributed by atoms with Gasteiger partial charge in [-0.15, -0.1) is 0 Å². The van der Waals surface area contributed by atoms with Gasteiger partial charge in [-0.2, -0.15) is 5.10 Å². The maximum atomic E-state index is 13.6. The Labute approximate surface area is 166 Å². The van der Waals surface area contributed by atoms with Crippen molar-refractivity contribution in [3.05, 3.63) is 89.7 Å². The molecule has 0 fully saturated rings. The van der Waals surface area contributed by atoms with Crippen molar-refractivity contribution in [1.29, 1.82) is 0 Å². The predicted molar refractivity (Wildman–Crippen MR) is 106 cm³/mol. The van der Waals surface area contributed by atoms with Gasteiger partial charge in [0.1, 0.15) is 11.3 Å². The van der Waals surface area contributed by atoms with Gasteiger partial charge in [-0.3, -0.25) is 4.79 Å². The van der Waals surface area contributed by atoms with Gasteiger partial charge in [0, 0.05) is 5.56 Å². The molecule has 0 radical (unpaired) electrons. The van der Waals surface area contributed by atoms with E-state index in [0.29, 0.717) is 11.3 Å². The first kappa shape index (κ1) is 18.7. The van der Waals surface area contributed by atoms with Crippen LogP contribution in [0.4, 0.5) is 8.78 Å². The zero-order valence-electron chi connectivity index (χ0n) is 15.6. The van der Waals surface area contributed by atoms with Crippen LogP contribution in [0.15, 0.2) is 72.9 Å². The molecule has 0 unspecified atom stereocenters. The summed E-state index contributed by atoms with van der Waals surface area (Å²) in [6, 6.07) is 19.5. The molecule has 1 N–H and O–H groups in total. The number of nitrogens with one attached hydrogen (secondary N) is 1. The Morgan fingerprint density at radius 2 is 1.69 bits per heavy atom. The molecule has 0 saturated heterocycles. The molecule has 146 valence electrons. The Kier molecular flexibility index (Phi) is 5.03. The maximum Gasteiger partial charge on any atom is 0.280 e. The fraction of sp³-hybridized carbons (Fsp3) is 0.136. The van der Waals surface area contributed by atoms with Crippen LogP contribution in [0.5, 0.6) is 0 Å². The van der Waals surface area contributed by atoms with Crippen molar-refractivity contribution in [1.82, 2.24) is 19.9 Å². The lowest BCUT2D eigenvalue weighted by Crippen LogP contribution is -2.26. The van der Waals surface area contributed by atoms with E-state index in [4.69, 9.17) is 0 Å². The lowest BCUT2D eigenvalue weighted by atomic mass is 10.1. The van der Waals surface area contributed by atoms with Gasteiger partial charge in [0.2, 0.25) is 0 Å². The van der Waals surface area contributed by atoms with Crippen LogP contribution < -0.4 is 5.32 Å². The van der Waals surface area contributed by atoms with Gasteiger partial charge in [0.15, 0.2) is 5.65 Å². The van der Waals surface area contributed by atoms with Crippen molar-refractivity contribution in [2.24, 2.45) is 0 Å². The number of alkyl halides is 2. The molecule has 0 aliphatic heterocycles. The highest BCUT2D eigenvalue weighted by molar-refractivity contribution is 6.00. The second-order valence-electron chi connectivity index (χ2n) is 6.63. The Morgan fingerprint density at radius 3 is 2.34 bits per heavy atom. The molecule has 5 nitrogen and oxygen atoms in total. The molecule has 0 spiro atoms. The van der Waals surface area contributed by atoms with E-state index in [2.05, 4.69) is 15.4 Å². The van der Waals surface area contributed by atoms with E-state index in [9.17, 15) is 13.6 Å². The Morgan fingerprint density at radius 1 is 1.03 bits per heavy atom. The average Bonchev–Trinajstić information content (AvgIpc) is 3.18. The summed E-state index contributed by atoms with van der Waals surface area (Å²) >= 11 is 0. The average molecular weight is 392 g/mol. The number of aromatic nitrogens is 3. The van der Waals surface area contributed by atoms with Gasteiger partial charge < -0.3 is 5.32 Å². The van der Waals surface area contributed by atoms with Crippen molar-refractivity contribution >= 4 is 11.6 Å². The minimum absolute atomic E-state index is 0.0967. The molecular formula is C22H18F2N4O. The van der Waals surface area contributed by atoms with Crippen LogP contribution in [0, 0.1) is 0 Å². The minimum Gasteiger partial charge on any atom is -0.345 e. The highest BCUT2D eigenvalue weighted by atomic mass is 19.3. The van der Waals surface area contributed by atoms with E-state index >= 15 is 0 Å². The molecule has 29 heavy (non-hydrogen) atoms. The van der Waals surface area contributed by atoms with E-state index in [1.165, 1.54) is 12.3 Å². The highest BCUT2D eigenvalue weighted by Gasteiger charge is 2.22. The van der Waals surface area contributed by atoms with E-state index in [1.54, 1.807) is 24.3 Å². The molecule has 0 aliphatic carbocycles. The standard InChI is InChI=1S/C22H18F2N4O/c1-14(15-8-4-2-5-9-15)26-22(29)17-13-25-28-19(20(23)24)12-18(27-21(17)28)16-10-6-3-7-11-16/h2-14,20H,1H3,(H,26,29)/t14-/m0/s1. The second kappa shape index (κ2) is 7.79. The molecule has 2 aromatic carbocycles. The summed E-state index contributed by atoms with van der Waals surface area (Å²) in [5.74, 6) is -0.422. The zero-order chi connectivity index (χ0) is 20.4. The number of hydrogen-bond acceptors (Lipinski definition) is 3. The van der Waals surface area contributed by atoms with Crippen LogP contribution in [0.25, 0.3) is 16.9 Å². The summed E-state index contributed by atoms with van der Waals surface area (Å²) < 4.78 is 28.3. The lowest BCUT2D eigenvalue weighted by molar-refractivity contribution is 0.0941. The first-order chi connectivity index (χ1) is 14.0. The molecule has 0 aliphatic rings. The normalized spacial score (nSPS) is 12.3. The largest absolute Gasteiger partial charge is 0.345 e. The Balaban J connectivity index is 1.75. The van der Waals surface area contributed by atoms with E-state index in [-0.39, 0.29) is 22.9 Å². The van der Waals surface area contributed by atoms with Gasteiger partial charge >= 0.3 is 0 Å². The lowest BCUT2D eigenvalue weighted by Gasteiger charge is -2.14. The van der Waals surface area contributed by atoms with Gasteiger partial charge in [0.05, 0.1) is 17.9 Å². The summed E-state index contributed by atoms with van der Waals surface area (Å²) in [7, 11) is 0. The minimum atomic E-state index is -2.76. The smallest absolute Gasteiger partial charge is 0.280 e. The molecule has 4 rings (SSSR count). The number of rotatable bonds is 5. The number of benzene rings is 2. The van der Waals surface area contributed by atoms with E-state index < -0.39 is 12.3 Å². The van der Waals surface area contributed by atoms with Gasteiger partial charge in [0.25, 0.3) is 12.3 Å². The van der Waals surface area contributed by atoms with E-state index in [1.807, 2.05) is 43.3 Å². The summed E-state index contributed by atoms with van der Waals surface area (Å²) in [4.78, 5) is 17.3. The SMILES string of the molecule is C[C@H](NC(=O)c1cnn2c(C(F)F)cc(-c3ccccc3)nc12)c1ccccc1. The van der Waals surface area contributed by atoms with Crippen molar-refractivity contribution in [2.45, 2.75) is 19.4 Å². The van der Waals surface area contributed by atoms with Gasteiger partial charge in [-0.05, 0) is 18.6 Å². The highest BCUT2D eigenvalue weighted by Crippen LogP contribution is 2.27. The fourth-order valence-corrected chi connectivity index (χ4v) is 3.16. The topological polar surface area (TPSA) is 59.3 Å². The third kappa shape index (κ3) is 3.71. The fourth-order valence-electron chi connectivity index (χ4n) is 3.16. The summed E-state index contributed by atoms with van der Waals surface area (Å²) in [6.07, 6.45) is -1.49. The van der Waals surface area contributed by atoms with Crippen LogP contribution in [-0.4, -0.2) is 20.5 Å². The number of hydrogen-bond donors (Lipinski definition) is 1. The van der Waals surface area contributed by atoms with Crippen LogP contribution in [0.3, 0.4) is 0 Å². The number of amides is 1. The van der Waals surface area contributed by atoms with Crippen molar-refractivity contribution in [2.75, 3.05) is 0 Å². The number of halogens is 2.